The quantitative estimate of drug-likeness (QED) is 0.175. The zero-order valence-electron chi connectivity index (χ0n) is 33.6. The molecule has 4 heterocycles. The number of nitrogens with zero attached hydrogens (tertiary/aromatic N) is 2. The molecule has 0 saturated heterocycles. The van der Waals surface area contributed by atoms with E-state index in [-0.39, 0.29) is 42.6 Å². The number of benzene rings is 9. The van der Waals surface area contributed by atoms with Gasteiger partial charge in [-0.05, 0) is 96.1 Å². The molecule has 306 valence electrons. The normalized spacial score (nSPS) is 14.4. The molecule has 0 atom stereocenters. The molecule has 9 aromatic carbocycles. The molecule has 64 heavy (non-hydrogen) atoms. The number of sulfone groups is 2. The molecule has 0 amide bonds. The highest BCUT2D eigenvalue weighted by Crippen LogP contribution is 2.54. The van der Waals surface area contributed by atoms with Gasteiger partial charge in [-0.25, -0.2) is 16.8 Å². The Morgan fingerprint density at radius 3 is 1.14 bits per heavy atom. The van der Waals surface area contributed by atoms with Crippen LogP contribution in [0.3, 0.4) is 0 Å². The Morgan fingerprint density at radius 2 is 0.703 bits per heavy atom. The molecule has 0 radical (unpaired) electrons. The summed E-state index contributed by atoms with van der Waals surface area (Å²) < 4.78 is 74.0. The van der Waals surface area contributed by atoms with E-state index in [1.807, 2.05) is 84.9 Å². The minimum absolute atomic E-state index is 0.0972. The van der Waals surface area contributed by atoms with Gasteiger partial charge in [0.1, 0.15) is 42.6 Å². The average molecular weight is 869 g/mol. The molecule has 0 N–H and O–H groups in total. The monoisotopic (exact) mass is 868 g/mol. The van der Waals surface area contributed by atoms with Gasteiger partial charge in [0.05, 0.1) is 22.1 Å². The smallest absolute Gasteiger partial charge is 0.213 e. The van der Waals surface area contributed by atoms with Gasteiger partial charge in [-0.15, -0.1) is 0 Å². The third-order valence-electron chi connectivity index (χ3n) is 12.5. The van der Waals surface area contributed by atoms with Crippen molar-refractivity contribution in [3.8, 4) is 56.6 Å². The van der Waals surface area contributed by atoms with E-state index in [2.05, 4.69) is 57.7 Å². The van der Waals surface area contributed by atoms with Crippen LogP contribution in [0.5, 0.6) is 23.0 Å². The Hall–Kier alpha value is -7.92. The Balaban J connectivity index is 1.25. The van der Waals surface area contributed by atoms with Crippen LogP contribution in [-0.2, 0) is 19.7 Å². The van der Waals surface area contributed by atoms with Gasteiger partial charge in [0.15, 0.2) is 0 Å². The number of para-hydroxylation sites is 6. The van der Waals surface area contributed by atoms with Gasteiger partial charge in [0, 0.05) is 44.0 Å². The van der Waals surface area contributed by atoms with Crippen LogP contribution in [0.15, 0.2) is 214 Å². The maximum atomic E-state index is 14.1. The number of aromatic nitrogens is 2. The van der Waals surface area contributed by atoms with Crippen LogP contribution in [0.1, 0.15) is 0 Å². The van der Waals surface area contributed by atoms with Crippen molar-refractivity contribution in [1.82, 2.24) is 9.13 Å². The SMILES string of the molecule is O=S1(=O)c2ccccc2Oc2cc(-c3c4c5ccccc5n(-c5ccccc5)c4c(-c4ccc5c(c4)Oc4ccccc4S5(=O)=O)c4c5ccccc5n(-c5ccccc5)c34)ccc21. The van der Waals surface area contributed by atoms with E-state index in [0.29, 0.717) is 0 Å². The molecule has 0 saturated carbocycles. The van der Waals surface area contributed by atoms with E-state index in [9.17, 15) is 16.8 Å². The second-order valence-electron chi connectivity index (χ2n) is 16.0. The van der Waals surface area contributed by atoms with Crippen LogP contribution >= 0.6 is 0 Å². The van der Waals surface area contributed by atoms with Crippen LogP contribution in [0.25, 0.3) is 77.2 Å². The van der Waals surface area contributed by atoms with E-state index in [4.69, 9.17) is 9.47 Å². The Morgan fingerprint density at radius 1 is 0.344 bits per heavy atom. The second kappa shape index (κ2) is 13.3. The van der Waals surface area contributed by atoms with Crippen molar-refractivity contribution in [2.45, 2.75) is 19.6 Å². The average Bonchev–Trinajstić information content (AvgIpc) is 3.85. The summed E-state index contributed by atoms with van der Waals surface area (Å²) in [4.78, 5) is 0.453. The first-order chi connectivity index (χ1) is 31.3. The minimum Gasteiger partial charge on any atom is -0.455 e. The highest BCUT2D eigenvalue weighted by atomic mass is 32.2. The number of rotatable bonds is 4. The fraction of sp³-hybridized carbons (Fsp3) is 0. The summed E-state index contributed by atoms with van der Waals surface area (Å²) >= 11 is 0. The lowest BCUT2D eigenvalue weighted by atomic mass is 9.89. The lowest BCUT2D eigenvalue weighted by Crippen LogP contribution is -2.11. The molecular formula is C54H32N2O6S2. The van der Waals surface area contributed by atoms with Crippen molar-refractivity contribution in [3.05, 3.63) is 194 Å². The fourth-order valence-electron chi connectivity index (χ4n) is 9.87. The number of ether oxygens (including phenoxy) is 2. The fourth-order valence-corrected chi connectivity index (χ4v) is 12.8. The van der Waals surface area contributed by atoms with Crippen molar-refractivity contribution in [2.75, 3.05) is 0 Å². The zero-order valence-corrected chi connectivity index (χ0v) is 35.3. The third kappa shape index (κ3) is 5.03. The molecule has 0 bridgehead atoms. The van der Waals surface area contributed by atoms with Crippen molar-refractivity contribution in [1.29, 1.82) is 0 Å². The minimum atomic E-state index is -3.89. The van der Waals surface area contributed by atoms with Crippen molar-refractivity contribution in [3.63, 3.8) is 0 Å². The lowest BCUT2D eigenvalue weighted by Gasteiger charge is -2.23. The third-order valence-corrected chi connectivity index (χ3v) is 16.2. The van der Waals surface area contributed by atoms with Crippen molar-refractivity contribution in [2.24, 2.45) is 0 Å². The predicted octanol–water partition coefficient (Wildman–Crippen LogP) is 13.1. The van der Waals surface area contributed by atoms with Crippen LogP contribution in [0.4, 0.5) is 0 Å². The van der Waals surface area contributed by atoms with E-state index < -0.39 is 19.7 Å². The van der Waals surface area contributed by atoms with E-state index in [1.54, 1.807) is 60.7 Å². The van der Waals surface area contributed by atoms with Gasteiger partial charge >= 0.3 is 0 Å². The molecule has 0 spiro atoms. The molecule has 13 rings (SSSR count). The molecule has 2 aliphatic rings. The first-order valence-corrected chi connectivity index (χ1v) is 23.7. The highest BCUT2D eigenvalue weighted by Gasteiger charge is 2.35. The van der Waals surface area contributed by atoms with Gasteiger partial charge in [-0.3, -0.25) is 0 Å². The Kier molecular flexibility index (Phi) is 7.62. The second-order valence-corrected chi connectivity index (χ2v) is 19.8. The predicted molar refractivity (Wildman–Crippen MR) is 250 cm³/mol. The van der Waals surface area contributed by atoms with Gasteiger partial charge in [0.2, 0.25) is 19.7 Å². The molecule has 0 unspecified atom stereocenters. The Labute approximate surface area is 367 Å². The summed E-state index contributed by atoms with van der Waals surface area (Å²) in [7, 11) is -7.78. The largest absolute Gasteiger partial charge is 0.455 e. The Bertz CT molecular complexity index is 3780. The summed E-state index contributed by atoms with van der Waals surface area (Å²) in [6.07, 6.45) is 0. The zero-order chi connectivity index (χ0) is 42.9. The van der Waals surface area contributed by atoms with E-state index >= 15 is 0 Å². The molecule has 2 aromatic heterocycles. The van der Waals surface area contributed by atoms with Gasteiger partial charge in [0.25, 0.3) is 0 Å². The van der Waals surface area contributed by atoms with Crippen LogP contribution < -0.4 is 9.47 Å². The first-order valence-electron chi connectivity index (χ1n) is 20.7. The van der Waals surface area contributed by atoms with Crippen molar-refractivity contribution >= 4 is 63.3 Å². The maximum absolute atomic E-state index is 14.1. The summed E-state index contributed by atoms with van der Waals surface area (Å²) in [5, 5.41) is 3.76. The van der Waals surface area contributed by atoms with E-state index in [0.717, 1.165) is 77.2 Å². The number of hydrogen-bond donors (Lipinski definition) is 0. The number of fused-ring (bicyclic) bond motifs is 10. The molecule has 2 aliphatic heterocycles. The van der Waals surface area contributed by atoms with Gasteiger partial charge in [-0.1, -0.05) is 109 Å². The standard InChI is InChI=1S/C54H32N2O6S2/c57-63(58)45-25-13-11-23-41(45)61-43-31-33(27-29-47(43)63)49-52-38-20-8-10-22-40(38)56(36-17-5-2-6-18-36)54(52)50(34-28-30-48-44(32-34)62-42-24-12-14-26-46(42)64(48,59)60)51-37-19-7-9-21-39(37)55(53(49)51)35-15-3-1-4-16-35/h1-32H. The number of hydrogen-bond acceptors (Lipinski definition) is 6. The summed E-state index contributed by atoms with van der Waals surface area (Å²) in [6, 6.07) is 61.3. The maximum Gasteiger partial charge on any atom is 0.213 e. The van der Waals surface area contributed by atoms with Gasteiger partial charge in [-0.2, -0.15) is 0 Å². The molecule has 10 heteroatoms. The first kappa shape index (κ1) is 36.7. The summed E-state index contributed by atoms with van der Waals surface area (Å²) in [5.74, 6) is 1.03. The van der Waals surface area contributed by atoms with Crippen LogP contribution in [0, 0.1) is 0 Å². The van der Waals surface area contributed by atoms with Crippen LogP contribution in [-0.4, -0.2) is 26.0 Å². The molecule has 0 aliphatic carbocycles. The van der Waals surface area contributed by atoms with Crippen molar-refractivity contribution < 1.29 is 26.3 Å². The van der Waals surface area contributed by atoms with Crippen LogP contribution in [0.2, 0.25) is 0 Å². The van der Waals surface area contributed by atoms with E-state index in [1.165, 1.54) is 0 Å². The lowest BCUT2D eigenvalue weighted by molar-refractivity contribution is 0.442. The molecule has 8 nitrogen and oxygen atoms in total. The summed E-state index contributed by atoms with van der Waals surface area (Å²) in [6.45, 7) is 0. The molecule has 0 fully saturated rings. The summed E-state index contributed by atoms with van der Waals surface area (Å²) in [5.41, 5.74) is 8.74. The molecule has 11 aromatic rings. The molecular weight excluding hydrogens is 837 g/mol. The topological polar surface area (TPSA) is 96.6 Å². The van der Waals surface area contributed by atoms with Gasteiger partial charge < -0.3 is 18.6 Å². The highest BCUT2D eigenvalue weighted by molar-refractivity contribution is 7.92.